The number of benzene rings is 1. The lowest BCUT2D eigenvalue weighted by Gasteiger charge is -2.37. The second-order valence-electron chi connectivity index (χ2n) is 9.64. The average Bonchev–Trinajstić information content (AvgIpc) is 3.27. The van der Waals surface area contributed by atoms with Gasteiger partial charge in [-0.15, -0.1) is 0 Å². The van der Waals surface area contributed by atoms with Crippen LogP contribution < -0.4 is 10.1 Å². The number of hydrogen-bond acceptors (Lipinski definition) is 4. The van der Waals surface area contributed by atoms with Crippen LogP contribution in [0.5, 0.6) is 5.75 Å². The van der Waals surface area contributed by atoms with Crippen molar-refractivity contribution in [3.05, 3.63) is 53.9 Å². The quantitative estimate of drug-likeness (QED) is 0.747. The van der Waals surface area contributed by atoms with Crippen molar-refractivity contribution in [1.29, 1.82) is 0 Å². The van der Waals surface area contributed by atoms with E-state index in [0.29, 0.717) is 18.7 Å². The predicted molar refractivity (Wildman–Crippen MR) is 119 cm³/mol. The third kappa shape index (κ3) is 4.03. The van der Waals surface area contributed by atoms with Crippen LogP contribution in [0.4, 0.5) is 8.78 Å². The van der Waals surface area contributed by atoms with Gasteiger partial charge in [-0.1, -0.05) is 19.6 Å². The van der Waals surface area contributed by atoms with Gasteiger partial charge in [0.2, 0.25) is 0 Å². The van der Waals surface area contributed by atoms with Gasteiger partial charge < -0.3 is 15.0 Å². The molecule has 0 radical (unpaired) electrons. The largest absolute Gasteiger partial charge is 0.489 e. The number of carbonyl (C=O) groups excluding carboxylic acids is 1. The zero-order valence-electron chi connectivity index (χ0n) is 18.4. The highest BCUT2D eigenvalue weighted by atomic mass is 19.3. The molecular weight excluding hydrogens is 412 g/mol. The SMILES string of the molecule is C=C1CCC(N2Cc3cc(O[C@H]4CCCCC4N4CCC(F)(F)C4)ccc3C2=O)C(=C)N1. The number of hydrogen-bond donors (Lipinski definition) is 1. The second-order valence-corrected chi connectivity index (χ2v) is 9.64. The summed E-state index contributed by atoms with van der Waals surface area (Å²) in [6.07, 6.45) is 5.32. The number of fused-ring (bicyclic) bond motifs is 1. The number of alkyl halides is 2. The molecule has 0 aromatic heterocycles. The summed E-state index contributed by atoms with van der Waals surface area (Å²) in [6.45, 7) is 8.83. The molecule has 3 heterocycles. The third-order valence-corrected chi connectivity index (χ3v) is 7.37. The molecular formula is C25H31F2N3O2. The van der Waals surface area contributed by atoms with Crippen molar-refractivity contribution in [3.8, 4) is 5.75 Å². The molecule has 5 nitrogen and oxygen atoms in total. The van der Waals surface area contributed by atoms with Gasteiger partial charge in [-0.2, -0.15) is 0 Å². The maximum atomic E-state index is 13.8. The Morgan fingerprint density at radius 2 is 1.97 bits per heavy atom. The van der Waals surface area contributed by atoms with Crippen LogP contribution in [0.3, 0.4) is 0 Å². The first-order chi connectivity index (χ1) is 15.3. The van der Waals surface area contributed by atoms with E-state index in [1.165, 1.54) is 0 Å². The van der Waals surface area contributed by atoms with Gasteiger partial charge in [0.25, 0.3) is 11.8 Å². The van der Waals surface area contributed by atoms with Gasteiger partial charge >= 0.3 is 0 Å². The zero-order chi connectivity index (χ0) is 22.5. The van der Waals surface area contributed by atoms with Crippen LogP contribution in [-0.2, 0) is 6.54 Å². The number of ether oxygens (including phenoxy) is 1. The lowest BCUT2D eigenvalue weighted by atomic mass is 9.91. The fraction of sp³-hybridized carbons (Fsp3) is 0.560. The summed E-state index contributed by atoms with van der Waals surface area (Å²) in [6, 6.07) is 5.61. The number of carbonyl (C=O) groups is 1. The molecule has 3 aliphatic heterocycles. The Hall–Kier alpha value is -2.41. The topological polar surface area (TPSA) is 44.8 Å². The van der Waals surface area contributed by atoms with E-state index in [9.17, 15) is 13.6 Å². The van der Waals surface area contributed by atoms with Crippen LogP contribution >= 0.6 is 0 Å². The summed E-state index contributed by atoms with van der Waals surface area (Å²) in [5, 5.41) is 3.19. The molecule has 1 amide bonds. The van der Waals surface area contributed by atoms with Crippen LogP contribution in [-0.4, -0.2) is 52.9 Å². The molecule has 1 aliphatic carbocycles. The van der Waals surface area contributed by atoms with Crippen molar-refractivity contribution in [2.45, 2.75) is 75.6 Å². The van der Waals surface area contributed by atoms with Gasteiger partial charge in [0, 0.05) is 42.5 Å². The Labute approximate surface area is 188 Å². The monoisotopic (exact) mass is 443 g/mol. The van der Waals surface area contributed by atoms with Gasteiger partial charge in [0.1, 0.15) is 11.9 Å². The fourth-order valence-corrected chi connectivity index (χ4v) is 5.70. The van der Waals surface area contributed by atoms with Gasteiger partial charge in [-0.25, -0.2) is 8.78 Å². The van der Waals surface area contributed by atoms with Crippen molar-refractivity contribution in [1.82, 2.24) is 15.1 Å². The summed E-state index contributed by atoms with van der Waals surface area (Å²) < 4.78 is 34.0. The summed E-state index contributed by atoms with van der Waals surface area (Å²) in [7, 11) is 0. The lowest BCUT2D eigenvalue weighted by Crippen LogP contribution is -2.47. The van der Waals surface area contributed by atoms with E-state index in [4.69, 9.17) is 4.74 Å². The average molecular weight is 444 g/mol. The lowest BCUT2D eigenvalue weighted by molar-refractivity contribution is -0.00971. The van der Waals surface area contributed by atoms with Crippen molar-refractivity contribution < 1.29 is 18.3 Å². The first-order valence-corrected chi connectivity index (χ1v) is 11.7. The van der Waals surface area contributed by atoms with E-state index < -0.39 is 5.92 Å². The number of likely N-dealkylation sites (tertiary alicyclic amines) is 1. The minimum Gasteiger partial charge on any atom is -0.489 e. The number of piperidine rings is 1. The first kappa shape index (κ1) is 21.4. The van der Waals surface area contributed by atoms with Gasteiger partial charge in [0.05, 0.1) is 12.6 Å². The van der Waals surface area contributed by atoms with Crippen LogP contribution in [0.25, 0.3) is 0 Å². The standard InChI is InChI=1S/C25H31F2N3O2/c1-16-7-10-21(17(2)28-16)30-14-18-13-19(8-9-20(18)24(30)31)32-23-6-4-3-5-22(23)29-12-11-25(26,27)15-29/h8-9,13,21-23,28H,1-7,10-12,14-15H2/t21?,22?,23-/m0/s1. The van der Waals surface area contributed by atoms with Gasteiger partial charge in [0.15, 0.2) is 0 Å². The summed E-state index contributed by atoms with van der Waals surface area (Å²) in [5.41, 5.74) is 3.40. The minimum atomic E-state index is -2.59. The van der Waals surface area contributed by atoms with Crippen LogP contribution in [0.15, 0.2) is 42.8 Å². The van der Waals surface area contributed by atoms with Crippen molar-refractivity contribution >= 4 is 5.91 Å². The molecule has 3 fully saturated rings. The summed E-state index contributed by atoms with van der Waals surface area (Å²) >= 11 is 0. The highest BCUT2D eigenvalue weighted by molar-refractivity contribution is 5.99. The Bertz CT molecular complexity index is 947. The molecule has 0 bridgehead atoms. The molecule has 1 aromatic carbocycles. The minimum absolute atomic E-state index is 0.0156. The Morgan fingerprint density at radius 3 is 2.72 bits per heavy atom. The fourth-order valence-electron chi connectivity index (χ4n) is 5.70. The molecule has 1 saturated carbocycles. The number of rotatable bonds is 4. The molecule has 5 rings (SSSR count). The highest BCUT2D eigenvalue weighted by Crippen LogP contribution is 2.36. The molecule has 2 unspecified atom stereocenters. The predicted octanol–water partition coefficient (Wildman–Crippen LogP) is 4.45. The van der Waals surface area contributed by atoms with E-state index in [-0.39, 0.29) is 37.1 Å². The smallest absolute Gasteiger partial charge is 0.261 e. The van der Waals surface area contributed by atoms with E-state index in [2.05, 4.69) is 18.5 Å². The number of allylic oxidation sites excluding steroid dienone is 1. The third-order valence-electron chi connectivity index (χ3n) is 7.37. The zero-order valence-corrected chi connectivity index (χ0v) is 18.4. The number of halogens is 2. The summed E-state index contributed by atoms with van der Waals surface area (Å²) in [4.78, 5) is 16.8. The molecule has 3 atom stereocenters. The number of nitrogens with zero attached hydrogens (tertiary/aromatic N) is 2. The molecule has 1 N–H and O–H groups in total. The molecule has 2 saturated heterocycles. The maximum absolute atomic E-state index is 13.8. The number of nitrogens with one attached hydrogen (secondary N) is 1. The van der Waals surface area contributed by atoms with Crippen molar-refractivity contribution in [2.75, 3.05) is 13.1 Å². The van der Waals surface area contributed by atoms with Crippen molar-refractivity contribution in [3.63, 3.8) is 0 Å². The molecule has 0 spiro atoms. The van der Waals surface area contributed by atoms with E-state index >= 15 is 0 Å². The van der Waals surface area contributed by atoms with E-state index in [1.54, 1.807) is 0 Å². The second kappa shape index (κ2) is 8.18. The van der Waals surface area contributed by atoms with Crippen molar-refractivity contribution in [2.24, 2.45) is 0 Å². The van der Waals surface area contributed by atoms with E-state index in [1.807, 2.05) is 28.0 Å². The molecule has 4 aliphatic rings. The van der Waals surface area contributed by atoms with Gasteiger partial charge in [-0.3, -0.25) is 9.69 Å². The number of amides is 1. The first-order valence-electron chi connectivity index (χ1n) is 11.7. The highest BCUT2D eigenvalue weighted by Gasteiger charge is 2.44. The van der Waals surface area contributed by atoms with E-state index in [0.717, 1.165) is 61.2 Å². The molecule has 7 heteroatoms. The molecule has 172 valence electrons. The Kier molecular flexibility index (Phi) is 5.48. The van der Waals surface area contributed by atoms with Crippen LogP contribution in [0, 0.1) is 0 Å². The molecule has 32 heavy (non-hydrogen) atoms. The van der Waals surface area contributed by atoms with Crippen LogP contribution in [0.2, 0.25) is 0 Å². The van der Waals surface area contributed by atoms with Gasteiger partial charge in [-0.05, 0) is 55.9 Å². The van der Waals surface area contributed by atoms with Crippen LogP contribution in [0.1, 0.15) is 60.9 Å². The Balaban J connectivity index is 1.29. The summed E-state index contributed by atoms with van der Waals surface area (Å²) in [5.74, 6) is -1.86. The maximum Gasteiger partial charge on any atom is 0.261 e. The Morgan fingerprint density at radius 1 is 1.16 bits per heavy atom. The normalized spacial score (nSPS) is 30.4. The molecule has 1 aromatic rings.